The van der Waals surface area contributed by atoms with Gasteiger partial charge in [-0.2, -0.15) is 0 Å². The van der Waals surface area contributed by atoms with E-state index in [1.165, 1.54) is 23.2 Å². The lowest BCUT2D eigenvalue weighted by atomic mass is 10.1. The molecule has 1 aromatic carbocycles. The van der Waals surface area contributed by atoms with Crippen molar-refractivity contribution in [1.29, 1.82) is 0 Å². The second-order valence-electron chi connectivity index (χ2n) is 6.00. The molecule has 0 bridgehead atoms. The Kier molecular flexibility index (Phi) is 9.57. The van der Waals surface area contributed by atoms with Gasteiger partial charge in [0.15, 0.2) is 6.61 Å². The highest BCUT2D eigenvalue weighted by molar-refractivity contribution is 7.99. The van der Waals surface area contributed by atoms with Crippen LogP contribution in [0.2, 0.25) is 0 Å². The third-order valence-electron chi connectivity index (χ3n) is 3.65. The van der Waals surface area contributed by atoms with E-state index < -0.39 is 12.0 Å². The first-order chi connectivity index (χ1) is 13.5. The minimum Gasteiger partial charge on any atom is -0.456 e. The summed E-state index contributed by atoms with van der Waals surface area (Å²) in [7, 11) is 0. The van der Waals surface area contributed by atoms with Crippen LogP contribution in [0.4, 0.5) is 0 Å². The van der Waals surface area contributed by atoms with Crippen molar-refractivity contribution in [2.24, 2.45) is 0 Å². The average molecular weight is 421 g/mol. The molecule has 2 N–H and O–H groups in total. The monoisotopic (exact) mass is 420 g/mol. The van der Waals surface area contributed by atoms with E-state index in [0.717, 1.165) is 17.1 Å². The first-order valence-electron chi connectivity index (χ1n) is 8.95. The standard InChI is InChI=1S/C20H24N2O4S2/c1-15(23)22-17(18-9-5-11-28-18)13-20(25)26-14-19(24)21-10-6-12-27-16-7-3-2-4-8-16/h2-5,7-9,11,17H,6,10,12-14H2,1H3,(H,21,24)(H,22,23). The molecule has 0 aliphatic rings. The third-order valence-corrected chi connectivity index (χ3v) is 5.74. The first kappa shape index (κ1) is 22.0. The van der Waals surface area contributed by atoms with Gasteiger partial charge >= 0.3 is 5.97 Å². The van der Waals surface area contributed by atoms with Gasteiger partial charge in [-0.15, -0.1) is 23.1 Å². The summed E-state index contributed by atoms with van der Waals surface area (Å²) in [6.07, 6.45) is 0.809. The van der Waals surface area contributed by atoms with E-state index in [1.54, 1.807) is 11.8 Å². The van der Waals surface area contributed by atoms with Gasteiger partial charge in [-0.1, -0.05) is 24.3 Å². The van der Waals surface area contributed by atoms with Crippen molar-refractivity contribution in [2.45, 2.75) is 30.7 Å². The molecule has 2 rings (SSSR count). The van der Waals surface area contributed by atoms with Crippen LogP contribution in [0, 0.1) is 0 Å². The first-order valence-corrected chi connectivity index (χ1v) is 10.8. The second kappa shape index (κ2) is 12.2. The molecule has 0 spiro atoms. The number of amides is 2. The van der Waals surface area contributed by atoms with Gasteiger partial charge in [-0.05, 0) is 35.8 Å². The van der Waals surface area contributed by atoms with E-state index in [4.69, 9.17) is 4.74 Å². The fourth-order valence-electron chi connectivity index (χ4n) is 2.39. The summed E-state index contributed by atoms with van der Waals surface area (Å²) in [6, 6.07) is 13.3. The lowest BCUT2D eigenvalue weighted by Crippen LogP contribution is -2.31. The van der Waals surface area contributed by atoms with Gasteiger partial charge in [-0.25, -0.2) is 0 Å². The summed E-state index contributed by atoms with van der Waals surface area (Å²) in [5.74, 6) is -0.187. The average Bonchev–Trinajstić information content (AvgIpc) is 3.21. The third kappa shape index (κ3) is 8.58. The van der Waals surface area contributed by atoms with Crippen LogP contribution in [-0.2, 0) is 19.1 Å². The fourth-order valence-corrected chi connectivity index (χ4v) is 4.04. The summed E-state index contributed by atoms with van der Waals surface area (Å²) in [4.78, 5) is 37.2. The number of rotatable bonds is 11. The molecule has 1 aromatic heterocycles. The zero-order chi connectivity index (χ0) is 20.2. The molecule has 8 heteroatoms. The van der Waals surface area contributed by atoms with Gasteiger partial charge in [-0.3, -0.25) is 14.4 Å². The van der Waals surface area contributed by atoms with Crippen molar-refractivity contribution in [1.82, 2.24) is 10.6 Å². The minimum atomic E-state index is -0.526. The molecular weight excluding hydrogens is 396 g/mol. The van der Waals surface area contributed by atoms with Gasteiger partial charge in [0.1, 0.15) is 0 Å². The van der Waals surface area contributed by atoms with Gasteiger partial charge < -0.3 is 15.4 Å². The van der Waals surface area contributed by atoms with Crippen LogP contribution >= 0.6 is 23.1 Å². The lowest BCUT2D eigenvalue weighted by molar-refractivity contribution is -0.149. The Morgan fingerprint density at radius 3 is 2.61 bits per heavy atom. The van der Waals surface area contributed by atoms with Crippen molar-refractivity contribution >= 4 is 40.9 Å². The SMILES string of the molecule is CC(=O)NC(CC(=O)OCC(=O)NCCCSc1ccccc1)c1cccs1. The quantitative estimate of drug-likeness (QED) is 0.331. The molecule has 0 saturated heterocycles. The Morgan fingerprint density at radius 2 is 1.93 bits per heavy atom. The molecule has 0 fully saturated rings. The molecule has 1 heterocycles. The number of ether oxygens (including phenoxy) is 1. The van der Waals surface area contributed by atoms with E-state index in [9.17, 15) is 14.4 Å². The van der Waals surface area contributed by atoms with Crippen LogP contribution in [0.25, 0.3) is 0 Å². The fraction of sp³-hybridized carbons (Fsp3) is 0.350. The summed E-state index contributed by atoms with van der Waals surface area (Å²) >= 11 is 3.18. The topological polar surface area (TPSA) is 84.5 Å². The second-order valence-corrected chi connectivity index (χ2v) is 8.15. The van der Waals surface area contributed by atoms with E-state index >= 15 is 0 Å². The number of benzene rings is 1. The molecule has 0 aliphatic carbocycles. The summed E-state index contributed by atoms with van der Waals surface area (Å²) in [6.45, 7) is 1.61. The molecule has 150 valence electrons. The Bertz CT molecular complexity index is 751. The summed E-state index contributed by atoms with van der Waals surface area (Å²) < 4.78 is 5.04. The Balaban J connectivity index is 1.61. The molecule has 0 saturated carbocycles. The predicted molar refractivity (Wildman–Crippen MR) is 111 cm³/mol. The Hall–Kier alpha value is -2.32. The highest BCUT2D eigenvalue weighted by Gasteiger charge is 2.19. The number of thiophene rings is 1. The molecular formula is C20H24N2O4S2. The van der Waals surface area contributed by atoms with Gasteiger partial charge in [0, 0.05) is 23.2 Å². The zero-order valence-corrected chi connectivity index (χ0v) is 17.3. The molecule has 6 nitrogen and oxygen atoms in total. The van der Waals surface area contributed by atoms with Gasteiger partial charge in [0.05, 0.1) is 12.5 Å². The van der Waals surface area contributed by atoms with Crippen molar-refractivity contribution in [3.8, 4) is 0 Å². The van der Waals surface area contributed by atoms with Crippen LogP contribution in [0.5, 0.6) is 0 Å². The number of thioether (sulfide) groups is 1. The van der Waals surface area contributed by atoms with E-state index in [2.05, 4.69) is 10.6 Å². The maximum absolute atomic E-state index is 12.0. The number of nitrogens with one attached hydrogen (secondary N) is 2. The van der Waals surface area contributed by atoms with Crippen molar-refractivity contribution in [3.05, 3.63) is 52.7 Å². The minimum absolute atomic E-state index is 0.0128. The van der Waals surface area contributed by atoms with E-state index in [0.29, 0.717) is 6.54 Å². The smallest absolute Gasteiger partial charge is 0.308 e. The number of hydrogen-bond donors (Lipinski definition) is 2. The molecule has 1 unspecified atom stereocenters. The maximum Gasteiger partial charge on any atom is 0.308 e. The maximum atomic E-state index is 12.0. The number of carbonyl (C=O) groups excluding carboxylic acids is 3. The predicted octanol–water partition coefficient (Wildman–Crippen LogP) is 3.16. The molecule has 2 aromatic rings. The Morgan fingerprint density at radius 1 is 1.14 bits per heavy atom. The van der Waals surface area contributed by atoms with Gasteiger partial charge in [0.25, 0.3) is 5.91 Å². The molecule has 0 aliphatic heterocycles. The molecule has 1 atom stereocenters. The highest BCUT2D eigenvalue weighted by Crippen LogP contribution is 2.22. The summed E-state index contributed by atoms with van der Waals surface area (Å²) in [5.41, 5.74) is 0. The normalized spacial score (nSPS) is 11.5. The Labute approximate surface area is 173 Å². The van der Waals surface area contributed by atoms with Crippen molar-refractivity contribution in [2.75, 3.05) is 18.9 Å². The van der Waals surface area contributed by atoms with Crippen LogP contribution in [0.15, 0.2) is 52.7 Å². The van der Waals surface area contributed by atoms with Crippen LogP contribution in [-0.4, -0.2) is 36.7 Å². The van der Waals surface area contributed by atoms with E-state index in [-0.39, 0.29) is 24.8 Å². The van der Waals surface area contributed by atoms with Crippen LogP contribution < -0.4 is 10.6 Å². The number of esters is 1. The van der Waals surface area contributed by atoms with Crippen molar-refractivity contribution < 1.29 is 19.1 Å². The number of carbonyl (C=O) groups is 3. The van der Waals surface area contributed by atoms with E-state index in [1.807, 2.05) is 47.8 Å². The van der Waals surface area contributed by atoms with Gasteiger partial charge in [0.2, 0.25) is 5.91 Å². The highest BCUT2D eigenvalue weighted by atomic mass is 32.2. The summed E-state index contributed by atoms with van der Waals surface area (Å²) in [5, 5.41) is 7.34. The molecule has 0 radical (unpaired) electrons. The van der Waals surface area contributed by atoms with Crippen molar-refractivity contribution in [3.63, 3.8) is 0 Å². The van der Waals surface area contributed by atoms with Crippen LogP contribution in [0.3, 0.4) is 0 Å². The largest absolute Gasteiger partial charge is 0.456 e. The molecule has 2 amide bonds. The number of hydrogen-bond acceptors (Lipinski definition) is 6. The zero-order valence-electron chi connectivity index (χ0n) is 15.7. The lowest BCUT2D eigenvalue weighted by Gasteiger charge is -2.15. The molecule has 28 heavy (non-hydrogen) atoms. The van der Waals surface area contributed by atoms with Crippen LogP contribution in [0.1, 0.15) is 30.7 Å².